The first kappa shape index (κ1) is 13.7. The van der Waals surface area contributed by atoms with Crippen molar-refractivity contribution >= 4 is 11.6 Å². The van der Waals surface area contributed by atoms with Crippen molar-refractivity contribution in [2.75, 3.05) is 0 Å². The lowest BCUT2D eigenvalue weighted by atomic mass is 10.1. The van der Waals surface area contributed by atoms with Crippen molar-refractivity contribution in [3.63, 3.8) is 0 Å². The molecule has 0 unspecified atom stereocenters. The summed E-state index contributed by atoms with van der Waals surface area (Å²) in [6.07, 6.45) is 0. The van der Waals surface area contributed by atoms with Gasteiger partial charge in [-0.3, -0.25) is 0 Å². The predicted molar refractivity (Wildman–Crippen MR) is 78.0 cm³/mol. The number of hydrogen-bond donors (Lipinski definition) is 1. The Morgan fingerprint density at radius 2 is 1.90 bits per heavy atom. The summed E-state index contributed by atoms with van der Waals surface area (Å²) in [5.74, 6) is 0.275. The minimum Gasteiger partial charge on any atom is -0.334 e. The van der Waals surface area contributed by atoms with E-state index in [0.29, 0.717) is 23.8 Å². The second-order valence-electron chi connectivity index (χ2n) is 4.45. The standard InChI is InChI=1S/C15H11ClFN3O/c16-13-7-11(17)5-6-12(13)14-19-15(21-20-14)10-3-1-9(8-18)2-4-10/h1-7H,8,18H2. The smallest absolute Gasteiger partial charge is 0.258 e. The van der Waals surface area contributed by atoms with E-state index in [4.69, 9.17) is 21.9 Å². The molecule has 0 bridgehead atoms. The normalized spacial score (nSPS) is 10.8. The molecule has 21 heavy (non-hydrogen) atoms. The van der Waals surface area contributed by atoms with E-state index in [1.165, 1.54) is 18.2 Å². The summed E-state index contributed by atoms with van der Waals surface area (Å²) in [6, 6.07) is 11.5. The summed E-state index contributed by atoms with van der Waals surface area (Å²) >= 11 is 5.98. The Kier molecular flexibility index (Phi) is 3.68. The molecule has 2 aromatic carbocycles. The Hall–Kier alpha value is -2.24. The molecule has 3 aromatic rings. The van der Waals surface area contributed by atoms with Crippen molar-refractivity contribution in [2.24, 2.45) is 5.73 Å². The molecule has 1 heterocycles. The molecule has 1 aromatic heterocycles. The Labute approximate surface area is 125 Å². The van der Waals surface area contributed by atoms with Crippen LogP contribution < -0.4 is 5.73 Å². The number of rotatable bonds is 3. The van der Waals surface area contributed by atoms with Crippen molar-refractivity contribution in [1.29, 1.82) is 0 Å². The van der Waals surface area contributed by atoms with E-state index >= 15 is 0 Å². The third kappa shape index (κ3) is 2.79. The molecule has 3 rings (SSSR count). The van der Waals surface area contributed by atoms with Crippen LogP contribution in [0.3, 0.4) is 0 Å². The molecule has 2 N–H and O–H groups in total. The van der Waals surface area contributed by atoms with E-state index < -0.39 is 5.82 Å². The molecule has 0 fully saturated rings. The molecule has 6 heteroatoms. The monoisotopic (exact) mass is 303 g/mol. The molecule has 0 radical (unpaired) electrons. The third-order valence-electron chi connectivity index (χ3n) is 3.03. The molecule has 0 aliphatic heterocycles. The van der Waals surface area contributed by atoms with Gasteiger partial charge in [-0.15, -0.1) is 0 Å². The highest BCUT2D eigenvalue weighted by molar-refractivity contribution is 6.33. The number of halogens is 2. The SMILES string of the molecule is NCc1ccc(-c2nc(-c3ccc(F)cc3Cl)no2)cc1. The molecular weight excluding hydrogens is 293 g/mol. The van der Waals surface area contributed by atoms with E-state index in [9.17, 15) is 4.39 Å². The zero-order chi connectivity index (χ0) is 14.8. The van der Waals surface area contributed by atoms with Gasteiger partial charge in [0.1, 0.15) is 5.82 Å². The van der Waals surface area contributed by atoms with Crippen LogP contribution in [0, 0.1) is 5.82 Å². The van der Waals surface area contributed by atoms with E-state index in [1.807, 2.05) is 24.3 Å². The van der Waals surface area contributed by atoms with Gasteiger partial charge in [-0.25, -0.2) is 4.39 Å². The highest BCUT2D eigenvalue weighted by atomic mass is 35.5. The van der Waals surface area contributed by atoms with Crippen molar-refractivity contribution in [2.45, 2.75) is 6.54 Å². The lowest BCUT2D eigenvalue weighted by molar-refractivity contribution is 0.432. The lowest BCUT2D eigenvalue weighted by Gasteiger charge is -1.98. The van der Waals surface area contributed by atoms with Crippen LogP contribution in [-0.4, -0.2) is 10.1 Å². The quantitative estimate of drug-likeness (QED) is 0.802. The van der Waals surface area contributed by atoms with Crippen LogP contribution in [0.25, 0.3) is 22.8 Å². The number of aromatic nitrogens is 2. The topological polar surface area (TPSA) is 64.9 Å². The van der Waals surface area contributed by atoms with Crippen LogP contribution >= 0.6 is 11.6 Å². The van der Waals surface area contributed by atoms with Gasteiger partial charge in [0.25, 0.3) is 5.89 Å². The van der Waals surface area contributed by atoms with Gasteiger partial charge in [0, 0.05) is 17.7 Å². The van der Waals surface area contributed by atoms with E-state index in [2.05, 4.69) is 10.1 Å². The second-order valence-corrected chi connectivity index (χ2v) is 4.86. The largest absolute Gasteiger partial charge is 0.334 e. The van der Waals surface area contributed by atoms with E-state index in [1.54, 1.807) is 0 Å². The summed E-state index contributed by atoms with van der Waals surface area (Å²) in [5.41, 5.74) is 7.87. The van der Waals surface area contributed by atoms with Gasteiger partial charge in [0.05, 0.1) is 5.02 Å². The Balaban J connectivity index is 1.95. The second kappa shape index (κ2) is 5.63. The van der Waals surface area contributed by atoms with Gasteiger partial charge >= 0.3 is 0 Å². The molecule has 4 nitrogen and oxygen atoms in total. The highest BCUT2D eigenvalue weighted by Gasteiger charge is 2.13. The molecule has 106 valence electrons. The molecular formula is C15H11ClFN3O. The van der Waals surface area contributed by atoms with E-state index in [0.717, 1.165) is 11.1 Å². The van der Waals surface area contributed by atoms with E-state index in [-0.39, 0.29) is 5.02 Å². The average Bonchev–Trinajstić information content (AvgIpc) is 2.97. The van der Waals surface area contributed by atoms with Crippen LogP contribution in [0.15, 0.2) is 47.0 Å². The van der Waals surface area contributed by atoms with Crippen molar-refractivity contribution in [3.05, 3.63) is 58.9 Å². The Morgan fingerprint density at radius 1 is 1.14 bits per heavy atom. The van der Waals surface area contributed by atoms with Crippen molar-refractivity contribution in [1.82, 2.24) is 10.1 Å². The molecule has 0 saturated heterocycles. The fraction of sp³-hybridized carbons (Fsp3) is 0.0667. The minimum absolute atomic E-state index is 0.237. The maximum atomic E-state index is 13.0. The molecule has 0 saturated carbocycles. The number of nitrogens with two attached hydrogens (primary N) is 1. The third-order valence-corrected chi connectivity index (χ3v) is 3.35. The molecule has 0 aliphatic rings. The first-order valence-corrected chi connectivity index (χ1v) is 6.63. The average molecular weight is 304 g/mol. The van der Waals surface area contributed by atoms with Gasteiger partial charge in [-0.2, -0.15) is 4.98 Å². The minimum atomic E-state index is -0.412. The summed E-state index contributed by atoms with van der Waals surface area (Å²) in [4.78, 5) is 4.28. The molecule has 0 aliphatic carbocycles. The fourth-order valence-electron chi connectivity index (χ4n) is 1.90. The number of benzene rings is 2. The summed E-state index contributed by atoms with van der Waals surface area (Å²) in [7, 11) is 0. The Bertz CT molecular complexity index is 771. The van der Waals surface area contributed by atoms with Gasteiger partial charge in [-0.1, -0.05) is 28.9 Å². The predicted octanol–water partition coefficient (Wildman–Crippen LogP) is 3.65. The maximum absolute atomic E-state index is 13.0. The zero-order valence-electron chi connectivity index (χ0n) is 10.9. The van der Waals surface area contributed by atoms with Crippen molar-refractivity contribution < 1.29 is 8.91 Å². The summed E-state index contributed by atoms with van der Waals surface area (Å²) < 4.78 is 18.3. The lowest BCUT2D eigenvalue weighted by Crippen LogP contribution is -1.95. The van der Waals surface area contributed by atoms with Gasteiger partial charge in [0.15, 0.2) is 0 Å². The maximum Gasteiger partial charge on any atom is 0.258 e. The first-order chi connectivity index (χ1) is 10.2. The van der Waals surface area contributed by atoms with Gasteiger partial charge in [0.2, 0.25) is 5.82 Å². The highest BCUT2D eigenvalue weighted by Crippen LogP contribution is 2.28. The van der Waals surface area contributed by atoms with Crippen LogP contribution in [0.4, 0.5) is 4.39 Å². The van der Waals surface area contributed by atoms with Crippen LogP contribution in [-0.2, 0) is 6.54 Å². The van der Waals surface area contributed by atoms with Crippen molar-refractivity contribution in [3.8, 4) is 22.8 Å². The fourth-order valence-corrected chi connectivity index (χ4v) is 2.16. The first-order valence-electron chi connectivity index (χ1n) is 6.26. The number of hydrogen-bond acceptors (Lipinski definition) is 4. The van der Waals surface area contributed by atoms with Crippen LogP contribution in [0.2, 0.25) is 5.02 Å². The molecule has 0 atom stereocenters. The summed E-state index contributed by atoms with van der Waals surface area (Å²) in [5, 5.41) is 4.12. The van der Waals surface area contributed by atoms with Gasteiger partial charge < -0.3 is 10.3 Å². The Morgan fingerprint density at radius 3 is 2.57 bits per heavy atom. The zero-order valence-corrected chi connectivity index (χ0v) is 11.6. The van der Waals surface area contributed by atoms with Gasteiger partial charge in [-0.05, 0) is 35.9 Å². The van der Waals surface area contributed by atoms with Crippen LogP contribution in [0.5, 0.6) is 0 Å². The van der Waals surface area contributed by atoms with Crippen LogP contribution in [0.1, 0.15) is 5.56 Å². The molecule has 0 amide bonds. The molecule has 0 spiro atoms. The summed E-state index contributed by atoms with van der Waals surface area (Å²) in [6.45, 7) is 0.473. The number of nitrogens with zero attached hydrogens (tertiary/aromatic N) is 2.